The van der Waals surface area contributed by atoms with E-state index in [1.165, 1.54) is 0 Å². The highest BCUT2D eigenvalue weighted by atomic mass is 35.5. The topological polar surface area (TPSA) is 68.9 Å². The summed E-state index contributed by atoms with van der Waals surface area (Å²) in [6.07, 6.45) is 1.84. The van der Waals surface area contributed by atoms with Gasteiger partial charge in [0.2, 0.25) is 0 Å². The van der Waals surface area contributed by atoms with Gasteiger partial charge in [-0.05, 0) is 30.1 Å². The highest BCUT2D eigenvalue weighted by Crippen LogP contribution is 2.41. The van der Waals surface area contributed by atoms with Gasteiger partial charge in [-0.15, -0.1) is 0 Å². The van der Waals surface area contributed by atoms with Crippen molar-refractivity contribution >= 4 is 39.9 Å². The van der Waals surface area contributed by atoms with Gasteiger partial charge < -0.3 is 10.4 Å². The van der Waals surface area contributed by atoms with E-state index in [1.54, 1.807) is 11.8 Å². The van der Waals surface area contributed by atoms with Crippen LogP contribution in [0.4, 0.5) is 5.00 Å². The molecule has 0 saturated heterocycles. The van der Waals surface area contributed by atoms with E-state index < -0.39 is 5.60 Å². The van der Waals surface area contributed by atoms with Gasteiger partial charge in [-0.25, -0.2) is 0 Å². The van der Waals surface area contributed by atoms with Crippen LogP contribution in [0.5, 0.6) is 0 Å². The van der Waals surface area contributed by atoms with Crippen molar-refractivity contribution in [3.8, 4) is 6.07 Å². The molecular formula is C11H14ClN3OS2. The van der Waals surface area contributed by atoms with Crippen LogP contribution in [-0.2, 0) is 0 Å². The Balaban J connectivity index is 1.97. The second-order valence-corrected chi connectivity index (χ2v) is 6.84. The van der Waals surface area contributed by atoms with Crippen molar-refractivity contribution in [2.75, 3.05) is 17.6 Å². The third-order valence-electron chi connectivity index (χ3n) is 3.12. The highest BCUT2D eigenvalue weighted by molar-refractivity contribution is 8.00. The summed E-state index contributed by atoms with van der Waals surface area (Å²) < 4.78 is 3.92. The van der Waals surface area contributed by atoms with E-state index in [0.717, 1.165) is 30.1 Å². The molecule has 1 aromatic rings. The van der Waals surface area contributed by atoms with E-state index >= 15 is 0 Å². The number of thioether (sulfide) groups is 1. The van der Waals surface area contributed by atoms with Gasteiger partial charge in [0, 0.05) is 11.8 Å². The van der Waals surface area contributed by atoms with Crippen LogP contribution in [0.3, 0.4) is 0 Å². The first-order valence-electron chi connectivity index (χ1n) is 5.74. The molecule has 1 saturated carbocycles. The molecule has 1 fully saturated rings. The predicted octanol–water partition coefficient (Wildman–Crippen LogP) is 2.73. The van der Waals surface area contributed by atoms with Gasteiger partial charge in [0.1, 0.15) is 16.6 Å². The average Bonchev–Trinajstić information content (AvgIpc) is 2.72. The fourth-order valence-electron chi connectivity index (χ4n) is 1.96. The zero-order valence-electron chi connectivity index (χ0n) is 9.94. The Bertz CT molecular complexity index is 473. The molecule has 0 bridgehead atoms. The fourth-order valence-corrected chi connectivity index (χ4v) is 4.09. The molecule has 0 amide bonds. The molecule has 4 nitrogen and oxygen atoms in total. The van der Waals surface area contributed by atoms with Gasteiger partial charge >= 0.3 is 0 Å². The maximum atomic E-state index is 10.4. The second-order valence-electron chi connectivity index (χ2n) is 4.23. The summed E-state index contributed by atoms with van der Waals surface area (Å²) in [6, 6.07) is 2.02. The molecule has 0 spiro atoms. The van der Waals surface area contributed by atoms with E-state index in [2.05, 4.69) is 16.6 Å². The number of anilines is 1. The van der Waals surface area contributed by atoms with Crippen LogP contribution < -0.4 is 5.32 Å². The van der Waals surface area contributed by atoms with E-state index in [-0.39, 0.29) is 10.4 Å². The molecule has 7 heteroatoms. The molecule has 2 atom stereocenters. The molecule has 2 N–H and O–H groups in total. The van der Waals surface area contributed by atoms with Crippen LogP contribution in [0.2, 0.25) is 5.15 Å². The van der Waals surface area contributed by atoms with Gasteiger partial charge in [0.05, 0.1) is 5.60 Å². The predicted molar refractivity (Wildman–Crippen MR) is 76.4 cm³/mol. The number of halogens is 1. The summed E-state index contributed by atoms with van der Waals surface area (Å²) in [5.41, 5.74) is -0.312. The Morgan fingerprint density at radius 2 is 2.56 bits per heavy atom. The monoisotopic (exact) mass is 303 g/mol. The molecule has 1 aliphatic carbocycles. The van der Waals surface area contributed by atoms with Crippen molar-refractivity contribution in [3.05, 3.63) is 10.7 Å². The number of hydrogen-bond acceptors (Lipinski definition) is 6. The van der Waals surface area contributed by atoms with Crippen molar-refractivity contribution in [3.63, 3.8) is 0 Å². The first kappa shape index (κ1) is 13.9. The van der Waals surface area contributed by atoms with E-state index in [4.69, 9.17) is 16.9 Å². The number of rotatable bonds is 5. The molecule has 98 valence electrons. The van der Waals surface area contributed by atoms with Crippen molar-refractivity contribution < 1.29 is 5.11 Å². The van der Waals surface area contributed by atoms with Crippen LogP contribution in [0.1, 0.15) is 25.3 Å². The van der Waals surface area contributed by atoms with Gasteiger partial charge in [0.25, 0.3) is 0 Å². The number of nitrogens with one attached hydrogen (secondary N) is 1. The number of nitrogens with zero attached hydrogens (tertiary/aromatic N) is 2. The number of aromatic nitrogens is 1. The van der Waals surface area contributed by atoms with Gasteiger partial charge in [-0.1, -0.05) is 18.5 Å². The van der Waals surface area contributed by atoms with Crippen LogP contribution in [-0.4, -0.2) is 32.6 Å². The quantitative estimate of drug-likeness (QED) is 0.875. The SMILES string of the molecule is CCSC1CCC1(O)CNc1snc(Cl)c1C#N. The lowest BCUT2D eigenvalue weighted by Crippen LogP contribution is -2.54. The van der Waals surface area contributed by atoms with Crippen molar-refractivity contribution in [2.24, 2.45) is 0 Å². The third kappa shape index (κ3) is 2.59. The molecule has 18 heavy (non-hydrogen) atoms. The summed E-state index contributed by atoms with van der Waals surface area (Å²) >= 11 is 8.73. The molecule has 2 unspecified atom stereocenters. The summed E-state index contributed by atoms with van der Waals surface area (Å²) in [6.45, 7) is 2.53. The molecule has 0 aliphatic heterocycles. The van der Waals surface area contributed by atoms with Crippen LogP contribution in [0, 0.1) is 11.3 Å². The molecule has 0 radical (unpaired) electrons. The second kappa shape index (κ2) is 5.66. The average molecular weight is 304 g/mol. The Morgan fingerprint density at radius 1 is 1.78 bits per heavy atom. The molecule has 2 rings (SSSR count). The Kier molecular flexibility index (Phi) is 4.38. The van der Waals surface area contributed by atoms with Crippen LogP contribution in [0.25, 0.3) is 0 Å². The number of aliphatic hydroxyl groups is 1. The third-order valence-corrected chi connectivity index (χ3v) is 5.71. The maximum absolute atomic E-state index is 10.4. The van der Waals surface area contributed by atoms with E-state index in [1.807, 2.05) is 6.07 Å². The van der Waals surface area contributed by atoms with Gasteiger partial charge in [0.15, 0.2) is 5.15 Å². The Labute approximate surface area is 120 Å². The Morgan fingerprint density at radius 3 is 3.11 bits per heavy atom. The lowest BCUT2D eigenvalue weighted by molar-refractivity contribution is -0.0119. The van der Waals surface area contributed by atoms with E-state index in [0.29, 0.717) is 17.1 Å². The summed E-state index contributed by atoms with van der Waals surface area (Å²) in [4.78, 5) is 0. The van der Waals surface area contributed by atoms with Crippen LogP contribution in [0.15, 0.2) is 0 Å². The molecular weight excluding hydrogens is 290 g/mol. The number of nitriles is 1. The molecule has 0 aromatic carbocycles. The Hall–Kier alpha value is -0.480. The summed E-state index contributed by atoms with van der Waals surface area (Å²) in [7, 11) is 0. The minimum absolute atomic E-state index is 0.227. The minimum atomic E-state index is -0.677. The molecule has 1 aliphatic rings. The first-order chi connectivity index (χ1) is 8.60. The molecule has 1 heterocycles. The standard InChI is InChI=1S/C11H14ClN3OS2/c1-2-17-8-3-4-11(8,16)6-14-10-7(5-13)9(12)15-18-10/h8,14,16H,2-4,6H2,1H3. The lowest BCUT2D eigenvalue weighted by Gasteiger charge is -2.45. The smallest absolute Gasteiger partial charge is 0.162 e. The van der Waals surface area contributed by atoms with Gasteiger partial charge in [-0.2, -0.15) is 21.4 Å². The fraction of sp³-hybridized carbons (Fsp3) is 0.636. The first-order valence-corrected chi connectivity index (χ1v) is 7.94. The van der Waals surface area contributed by atoms with Crippen molar-refractivity contribution in [2.45, 2.75) is 30.6 Å². The number of hydrogen-bond donors (Lipinski definition) is 2. The van der Waals surface area contributed by atoms with Crippen molar-refractivity contribution in [1.82, 2.24) is 4.37 Å². The van der Waals surface area contributed by atoms with Crippen LogP contribution >= 0.6 is 34.9 Å². The lowest BCUT2D eigenvalue weighted by atomic mass is 9.79. The summed E-state index contributed by atoms with van der Waals surface area (Å²) in [5.74, 6) is 1.00. The largest absolute Gasteiger partial charge is 0.387 e. The zero-order chi connectivity index (χ0) is 13.2. The molecule has 1 aromatic heterocycles. The van der Waals surface area contributed by atoms with E-state index in [9.17, 15) is 5.11 Å². The highest BCUT2D eigenvalue weighted by Gasteiger charge is 2.45. The van der Waals surface area contributed by atoms with Gasteiger partial charge in [-0.3, -0.25) is 0 Å². The normalized spacial score (nSPS) is 26.4. The zero-order valence-corrected chi connectivity index (χ0v) is 12.3. The van der Waals surface area contributed by atoms with Crippen molar-refractivity contribution in [1.29, 1.82) is 5.26 Å². The minimum Gasteiger partial charge on any atom is -0.387 e. The maximum Gasteiger partial charge on any atom is 0.162 e. The summed E-state index contributed by atoms with van der Waals surface area (Å²) in [5, 5.41) is 23.6.